The molecule has 13 heavy (non-hydrogen) atoms. The van der Waals surface area contributed by atoms with Crippen molar-refractivity contribution in [3.05, 3.63) is 28.5 Å². The minimum absolute atomic E-state index is 0.272. The monoisotopic (exact) mass is 241 g/mol. The molecular formula is C10H9BrFN. The average Bonchev–Trinajstić information content (AvgIpc) is 2.09. The van der Waals surface area contributed by atoms with Gasteiger partial charge in [-0.15, -0.1) is 12.3 Å². The largest absolute Gasteiger partial charge is 0.382 e. The lowest BCUT2D eigenvalue weighted by atomic mass is 10.3. The molecule has 0 heterocycles. The molecule has 0 aromatic heterocycles. The zero-order chi connectivity index (χ0) is 9.68. The fourth-order valence-electron chi connectivity index (χ4n) is 0.902. The molecule has 0 bridgehead atoms. The van der Waals surface area contributed by atoms with E-state index in [9.17, 15) is 4.39 Å². The first-order valence-corrected chi connectivity index (χ1v) is 4.65. The number of hydrogen-bond donors (Lipinski definition) is 1. The number of nitrogens with one attached hydrogen (secondary N) is 1. The van der Waals surface area contributed by atoms with Gasteiger partial charge >= 0.3 is 0 Å². The van der Waals surface area contributed by atoms with E-state index in [1.807, 2.05) is 0 Å². The number of anilines is 1. The van der Waals surface area contributed by atoms with Crippen LogP contribution < -0.4 is 5.32 Å². The topological polar surface area (TPSA) is 12.0 Å². The Morgan fingerprint density at radius 2 is 2.31 bits per heavy atom. The first kappa shape index (κ1) is 10.1. The molecule has 0 atom stereocenters. The SMILES string of the molecule is C#CCCNc1ccc(Br)cc1F. The maximum absolute atomic E-state index is 13.1. The number of rotatable bonds is 3. The Bertz CT molecular complexity index is 330. The van der Waals surface area contributed by atoms with Gasteiger partial charge in [0.05, 0.1) is 5.69 Å². The summed E-state index contributed by atoms with van der Waals surface area (Å²) < 4.78 is 13.9. The highest BCUT2D eigenvalue weighted by Crippen LogP contribution is 2.18. The minimum atomic E-state index is -0.272. The van der Waals surface area contributed by atoms with E-state index in [0.29, 0.717) is 18.7 Å². The van der Waals surface area contributed by atoms with Crippen LogP contribution in [0, 0.1) is 18.2 Å². The molecule has 0 amide bonds. The first-order chi connectivity index (χ1) is 6.24. The van der Waals surface area contributed by atoms with E-state index in [0.717, 1.165) is 4.47 Å². The predicted octanol–water partition coefficient (Wildman–Crippen LogP) is 3.02. The van der Waals surface area contributed by atoms with Crippen LogP contribution in [0.2, 0.25) is 0 Å². The Morgan fingerprint density at radius 3 is 2.92 bits per heavy atom. The Kier molecular flexibility index (Phi) is 3.78. The van der Waals surface area contributed by atoms with Gasteiger partial charge < -0.3 is 5.32 Å². The quantitative estimate of drug-likeness (QED) is 0.634. The molecular weight excluding hydrogens is 233 g/mol. The Hall–Kier alpha value is -1.01. The van der Waals surface area contributed by atoms with Crippen molar-refractivity contribution in [2.75, 3.05) is 11.9 Å². The molecule has 0 unspecified atom stereocenters. The van der Waals surface area contributed by atoms with Crippen molar-refractivity contribution in [1.82, 2.24) is 0 Å². The van der Waals surface area contributed by atoms with Gasteiger partial charge in [-0.3, -0.25) is 0 Å². The van der Waals surface area contributed by atoms with Gasteiger partial charge in [0, 0.05) is 17.4 Å². The molecule has 1 nitrogen and oxygen atoms in total. The van der Waals surface area contributed by atoms with Gasteiger partial charge in [-0.2, -0.15) is 0 Å². The van der Waals surface area contributed by atoms with Crippen LogP contribution in [-0.2, 0) is 0 Å². The van der Waals surface area contributed by atoms with Crippen molar-refractivity contribution in [1.29, 1.82) is 0 Å². The third-order valence-electron chi connectivity index (χ3n) is 1.52. The molecule has 1 rings (SSSR count). The first-order valence-electron chi connectivity index (χ1n) is 3.86. The van der Waals surface area contributed by atoms with Gasteiger partial charge in [-0.25, -0.2) is 4.39 Å². The van der Waals surface area contributed by atoms with Gasteiger partial charge in [-0.1, -0.05) is 15.9 Å². The molecule has 0 aliphatic rings. The number of terminal acetylenes is 1. The Labute approximate surface area is 85.5 Å². The summed E-state index contributed by atoms with van der Waals surface area (Å²) in [7, 11) is 0. The summed E-state index contributed by atoms with van der Waals surface area (Å²) in [4.78, 5) is 0. The molecule has 68 valence electrons. The van der Waals surface area contributed by atoms with E-state index in [1.54, 1.807) is 12.1 Å². The van der Waals surface area contributed by atoms with E-state index in [2.05, 4.69) is 27.2 Å². The second-order valence-electron chi connectivity index (χ2n) is 2.51. The lowest BCUT2D eigenvalue weighted by Crippen LogP contribution is -2.02. The standard InChI is InChI=1S/C10H9BrFN/c1-2-3-6-13-10-5-4-8(11)7-9(10)12/h1,4-5,7,13H,3,6H2. The second-order valence-corrected chi connectivity index (χ2v) is 3.42. The zero-order valence-electron chi connectivity index (χ0n) is 6.98. The zero-order valence-corrected chi connectivity index (χ0v) is 8.57. The van der Waals surface area contributed by atoms with Crippen LogP contribution in [0.1, 0.15) is 6.42 Å². The number of benzene rings is 1. The van der Waals surface area contributed by atoms with Crippen LogP contribution in [0.15, 0.2) is 22.7 Å². The van der Waals surface area contributed by atoms with Crippen molar-refractivity contribution in [2.45, 2.75) is 6.42 Å². The van der Waals surface area contributed by atoms with Gasteiger partial charge in [-0.05, 0) is 18.2 Å². The van der Waals surface area contributed by atoms with Crippen molar-refractivity contribution in [3.63, 3.8) is 0 Å². The molecule has 0 aliphatic heterocycles. The fraction of sp³-hybridized carbons (Fsp3) is 0.200. The van der Waals surface area contributed by atoms with E-state index in [1.165, 1.54) is 6.07 Å². The Morgan fingerprint density at radius 1 is 1.54 bits per heavy atom. The maximum Gasteiger partial charge on any atom is 0.147 e. The van der Waals surface area contributed by atoms with Gasteiger partial charge in [0.25, 0.3) is 0 Å². The van der Waals surface area contributed by atoms with Gasteiger partial charge in [0.15, 0.2) is 0 Å². The molecule has 1 aromatic rings. The minimum Gasteiger partial charge on any atom is -0.382 e. The molecule has 1 aromatic carbocycles. The summed E-state index contributed by atoms with van der Waals surface area (Å²) >= 11 is 3.18. The predicted molar refractivity (Wildman–Crippen MR) is 56.0 cm³/mol. The molecule has 0 saturated heterocycles. The summed E-state index contributed by atoms with van der Waals surface area (Å²) in [5, 5.41) is 2.90. The van der Waals surface area contributed by atoms with Crippen molar-refractivity contribution in [3.8, 4) is 12.3 Å². The normalized spacial score (nSPS) is 9.31. The number of hydrogen-bond acceptors (Lipinski definition) is 1. The summed E-state index contributed by atoms with van der Waals surface area (Å²) in [6.07, 6.45) is 5.66. The highest BCUT2D eigenvalue weighted by atomic mass is 79.9. The average molecular weight is 242 g/mol. The molecule has 3 heteroatoms. The lowest BCUT2D eigenvalue weighted by molar-refractivity contribution is 0.629. The smallest absolute Gasteiger partial charge is 0.147 e. The molecule has 1 N–H and O–H groups in total. The van der Waals surface area contributed by atoms with E-state index >= 15 is 0 Å². The lowest BCUT2D eigenvalue weighted by Gasteiger charge is -2.05. The summed E-state index contributed by atoms with van der Waals surface area (Å²) in [5.74, 6) is 2.20. The van der Waals surface area contributed by atoms with Crippen LogP contribution in [0.4, 0.5) is 10.1 Å². The van der Waals surface area contributed by atoms with Crippen LogP contribution in [0.5, 0.6) is 0 Å². The van der Waals surface area contributed by atoms with Crippen LogP contribution >= 0.6 is 15.9 Å². The second kappa shape index (κ2) is 4.88. The van der Waals surface area contributed by atoms with Gasteiger partial charge in [0.2, 0.25) is 0 Å². The molecule has 0 spiro atoms. The highest BCUT2D eigenvalue weighted by molar-refractivity contribution is 9.10. The van der Waals surface area contributed by atoms with E-state index < -0.39 is 0 Å². The highest BCUT2D eigenvalue weighted by Gasteiger charge is 2.00. The molecule has 0 radical (unpaired) electrons. The Balaban J connectivity index is 2.62. The van der Waals surface area contributed by atoms with Crippen molar-refractivity contribution < 1.29 is 4.39 Å². The van der Waals surface area contributed by atoms with Crippen LogP contribution in [0.25, 0.3) is 0 Å². The van der Waals surface area contributed by atoms with Crippen molar-refractivity contribution >= 4 is 21.6 Å². The number of halogens is 2. The summed E-state index contributed by atoms with van der Waals surface area (Å²) in [6, 6.07) is 4.87. The van der Waals surface area contributed by atoms with E-state index in [4.69, 9.17) is 6.42 Å². The maximum atomic E-state index is 13.1. The molecule has 0 fully saturated rings. The van der Waals surface area contributed by atoms with Crippen LogP contribution in [0.3, 0.4) is 0 Å². The third-order valence-corrected chi connectivity index (χ3v) is 2.01. The molecule has 0 aliphatic carbocycles. The van der Waals surface area contributed by atoms with Crippen LogP contribution in [-0.4, -0.2) is 6.54 Å². The molecule has 0 saturated carbocycles. The summed E-state index contributed by atoms with van der Waals surface area (Å²) in [6.45, 7) is 0.592. The third kappa shape index (κ3) is 3.08. The van der Waals surface area contributed by atoms with Crippen molar-refractivity contribution in [2.24, 2.45) is 0 Å². The van der Waals surface area contributed by atoms with E-state index in [-0.39, 0.29) is 5.82 Å². The fourth-order valence-corrected chi connectivity index (χ4v) is 1.24. The van der Waals surface area contributed by atoms with Gasteiger partial charge in [0.1, 0.15) is 5.82 Å². The summed E-state index contributed by atoms with van der Waals surface area (Å²) in [5.41, 5.74) is 0.485.